The summed E-state index contributed by atoms with van der Waals surface area (Å²) in [5, 5.41) is 10.5. The van der Waals surface area contributed by atoms with E-state index in [1.54, 1.807) is 12.1 Å². The topological polar surface area (TPSA) is 96.5 Å². The third-order valence-corrected chi connectivity index (χ3v) is 6.79. The molecule has 4 aromatic rings. The second-order valence-corrected chi connectivity index (χ2v) is 9.81. The van der Waals surface area contributed by atoms with Gasteiger partial charge in [-0.2, -0.15) is 0 Å². The molecule has 0 bridgehead atoms. The lowest BCUT2D eigenvalue weighted by Gasteiger charge is -2.23. The van der Waals surface area contributed by atoms with E-state index < -0.39 is 29.7 Å². The minimum absolute atomic E-state index is 0.0657. The summed E-state index contributed by atoms with van der Waals surface area (Å²) in [6, 6.07) is 27.1. The highest BCUT2D eigenvalue weighted by molar-refractivity contribution is 5.92. The molecule has 0 heterocycles. The SMILES string of the molecule is COC[C@H](NC(=O)CCc1ccccc1)C(=O)NC(Cc1ccc(F)cc1)C(=O)NCc1cccc2ccccc12. The number of benzene rings is 4. The zero-order valence-corrected chi connectivity index (χ0v) is 22.9. The van der Waals surface area contributed by atoms with Crippen molar-refractivity contribution >= 4 is 28.5 Å². The van der Waals surface area contributed by atoms with Crippen LogP contribution in [-0.2, 0) is 38.5 Å². The summed E-state index contributed by atoms with van der Waals surface area (Å²) in [6.45, 7) is 0.192. The van der Waals surface area contributed by atoms with Crippen molar-refractivity contribution in [3.63, 3.8) is 0 Å². The Hall–Kier alpha value is -4.56. The molecule has 0 radical (unpaired) electrons. The van der Waals surface area contributed by atoms with Crippen molar-refractivity contribution in [2.45, 2.75) is 37.9 Å². The molecule has 3 N–H and O–H groups in total. The number of carbonyl (C=O) groups is 3. The maximum absolute atomic E-state index is 13.5. The highest BCUT2D eigenvalue weighted by atomic mass is 19.1. The Morgan fingerprint density at radius 3 is 2.22 bits per heavy atom. The molecule has 2 atom stereocenters. The third kappa shape index (κ3) is 8.71. The smallest absolute Gasteiger partial charge is 0.245 e. The average molecular weight is 556 g/mol. The van der Waals surface area contributed by atoms with Gasteiger partial charge in [-0.1, -0.05) is 84.9 Å². The van der Waals surface area contributed by atoms with Crippen LogP contribution in [0.3, 0.4) is 0 Å². The molecule has 8 heteroatoms. The monoisotopic (exact) mass is 555 g/mol. The first-order chi connectivity index (χ1) is 19.9. The van der Waals surface area contributed by atoms with E-state index in [1.807, 2.05) is 72.8 Å². The van der Waals surface area contributed by atoms with Crippen LogP contribution in [0.4, 0.5) is 4.39 Å². The van der Waals surface area contributed by atoms with Gasteiger partial charge in [-0.25, -0.2) is 4.39 Å². The van der Waals surface area contributed by atoms with Crippen molar-refractivity contribution in [1.82, 2.24) is 16.0 Å². The Kier molecular flexibility index (Phi) is 10.6. The summed E-state index contributed by atoms with van der Waals surface area (Å²) < 4.78 is 18.7. The predicted octanol–water partition coefficient (Wildman–Crippen LogP) is 4.09. The van der Waals surface area contributed by atoms with Crippen molar-refractivity contribution < 1.29 is 23.5 Å². The summed E-state index contributed by atoms with van der Waals surface area (Å²) in [4.78, 5) is 39.4. The molecule has 7 nitrogen and oxygen atoms in total. The van der Waals surface area contributed by atoms with Crippen LogP contribution in [0.5, 0.6) is 0 Å². The van der Waals surface area contributed by atoms with Crippen LogP contribution in [0.1, 0.15) is 23.1 Å². The van der Waals surface area contributed by atoms with Crippen LogP contribution in [0.2, 0.25) is 0 Å². The van der Waals surface area contributed by atoms with Crippen LogP contribution in [0.25, 0.3) is 10.8 Å². The zero-order chi connectivity index (χ0) is 29.0. The highest BCUT2D eigenvalue weighted by Gasteiger charge is 2.27. The van der Waals surface area contributed by atoms with Gasteiger partial charge in [0.2, 0.25) is 17.7 Å². The number of hydrogen-bond donors (Lipinski definition) is 3. The van der Waals surface area contributed by atoms with Gasteiger partial charge in [0.05, 0.1) is 6.61 Å². The number of carbonyl (C=O) groups excluding carboxylic acids is 3. The fourth-order valence-electron chi connectivity index (χ4n) is 4.61. The number of fused-ring (bicyclic) bond motifs is 1. The molecule has 1 unspecified atom stereocenters. The van der Waals surface area contributed by atoms with E-state index in [0.717, 1.165) is 21.9 Å². The van der Waals surface area contributed by atoms with Crippen LogP contribution >= 0.6 is 0 Å². The summed E-state index contributed by atoms with van der Waals surface area (Å²) >= 11 is 0. The second-order valence-electron chi connectivity index (χ2n) is 9.81. The van der Waals surface area contributed by atoms with E-state index in [-0.39, 0.29) is 31.9 Å². The minimum atomic E-state index is -0.996. The Morgan fingerprint density at radius 1 is 0.756 bits per heavy atom. The van der Waals surface area contributed by atoms with Crippen molar-refractivity contribution in [2.24, 2.45) is 0 Å². The van der Waals surface area contributed by atoms with E-state index in [1.165, 1.54) is 19.2 Å². The predicted molar refractivity (Wildman–Crippen MR) is 156 cm³/mol. The Morgan fingerprint density at radius 2 is 1.46 bits per heavy atom. The van der Waals surface area contributed by atoms with Crippen molar-refractivity contribution in [3.8, 4) is 0 Å². The molecular formula is C33H34FN3O4. The van der Waals surface area contributed by atoms with Crippen molar-refractivity contribution in [1.29, 1.82) is 0 Å². The number of nitrogens with one attached hydrogen (secondary N) is 3. The number of halogens is 1. The zero-order valence-electron chi connectivity index (χ0n) is 22.9. The van der Waals surface area contributed by atoms with Gasteiger partial charge in [-0.15, -0.1) is 0 Å². The Labute approximate surface area is 239 Å². The molecule has 0 aliphatic carbocycles. The Balaban J connectivity index is 1.44. The maximum Gasteiger partial charge on any atom is 0.245 e. The van der Waals surface area contributed by atoms with E-state index in [0.29, 0.717) is 12.0 Å². The van der Waals surface area contributed by atoms with E-state index in [4.69, 9.17) is 4.74 Å². The lowest BCUT2D eigenvalue weighted by Crippen LogP contribution is -2.55. The van der Waals surface area contributed by atoms with Crippen LogP contribution in [-0.4, -0.2) is 43.5 Å². The van der Waals surface area contributed by atoms with Crippen LogP contribution in [0.15, 0.2) is 97.1 Å². The van der Waals surface area contributed by atoms with Crippen LogP contribution in [0, 0.1) is 5.82 Å². The van der Waals surface area contributed by atoms with Gasteiger partial charge in [0, 0.05) is 26.5 Å². The number of ether oxygens (including phenoxy) is 1. The van der Waals surface area contributed by atoms with E-state index >= 15 is 0 Å². The lowest BCUT2D eigenvalue weighted by molar-refractivity contribution is -0.133. The molecule has 4 aromatic carbocycles. The molecule has 0 aliphatic heterocycles. The number of hydrogen-bond acceptors (Lipinski definition) is 4. The molecule has 41 heavy (non-hydrogen) atoms. The van der Waals surface area contributed by atoms with Crippen LogP contribution < -0.4 is 16.0 Å². The quantitative estimate of drug-likeness (QED) is 0.232. The van der Waals surface area contributed by atoms with Crippen molar-refractivity contribution in [2.75, 3.05) is 13.7 Å². The number of aryl methyl sites for hydroxylation is 1. The molecule has 0 saturated heterocycles. The fourth-order valence-corrected chi connectivity index (χ4v) is 4.61. The van der Waals surface area contributed by atoms with Gasteiger partial charge in [-0.3, -0.25) is 14.4 Å². The number of methoxy groups -OCH3 is 1. The molecule has 0 fully saturated rings. The molecule has 0 aromatic heterocycles. The first-order valence-electron chi connectivity index (χ1n) is 13.5. The summed E-state index contributed by atoms with van der Waals surface area (Å²) in [5.41, 5.74) is 2.62. The first-order valence-corrected chi connectivity index (χ1v) is 13.5. The molecule has 212 valence electrons. The molecule has 0 spiro atoms. The largest absolute Gasteiger partial charge is 0.382 e. The Bertz CT molecular complexity index is 1460. The summed E-state index contributed by atoms with van der Waals surface area (Å²) in [5.74, 6) is -1.65. The van der Waals surface area contributed by atoms with Gasteiger partial charge in [0.25, 0.3) is 0 Å². The van der Waals surface area contributed by atoms with E-state index in [2.05, 4.69) is 16.0 Å². The third-order valence-electron chi connectivity index (χ3n) is 6.79. The highest BCUT2D eigenvalue weighted by Crippen LogP contribution is 2.18. The normalized spacial score (nSPS) is 12.3. The molecular weight excluding hydrogens is 521 g/mol. The van der Waals surface area contributed by atoms with Crippen molar-refractivity contribution in [3.05, 3.63) is 120 Å². The molecule has 0 aliphatic rings. The number of rotatable bonds is 13. The summed E-state index contributed by atoms with van der Waals surface area (Å²) in [7, 11) is 1.43. The molecule has 3 amide bonds. The second kappa shape index (κ2) is 14.7. The van der Waals surface area contributed by atoms with Gasteiger partial charge >= 0.3 is 0 Å². The van der Waals surface area contributed by atoms with Gasteiger partial charge < -0.3 is 20.7 Å². The lowest BCUT2D eigenvalue weighted by atomic mass is 10.0. The number of amides is 3. The average Bonchev–Trinajstić information content (AvgIpc) is 2.99. The van der Waals surface area contributed by atoms with Gasteiger partial charge in [0.15, 0.2) is 0 Å². The fraction of sp³-hybridized carbons (Fsp3) is 0.242. The van der Waals surface area contributed by atoms with Gasteiger partial charge in [-0.05, 0) is 46.0 Å². The maximum atomic E-state index is 13.5. The first kappa shape index (κ1) is 29.4. The minimum Gasteiger partial charge on any atom is -0.382 e. The standard InChI is InChI=1S/C33H34FN3O4/c1-41-22-30(36-31(38)19-16-23-8-3-2-4-9-23)33(40)37-29(20-24-14-17-27(34)18-15-24)32(39)35-21-26-12-7-11-25-10-5-6-13-28(25)26/h2-15,17-18,29-30H,16,19-22H2,1H3,(H,35,39)(H,36,38)(H,37,40)/t29?,30-/m0/s1. The summed E-state index contributed by atoms with van der Waals surface area (Å²) in [6.07, 6.45) is 0.856. The van der Waals surface area contributed by atoms with E-state index in [9.17, 15) is 18.8 Å². The molecule has 4 rings (SSSR count). The molecule has 0 saturated carbocycles. The van der Waals surface area contributed by atoms with Gasteiger partial charge in [0.1, 0.15) is 17.9 Å².